The van der Waals surface area contributed by atoms with Crippen LogP contribution in [0.25, 0.3) is 32.7 Å². The van der Waals surface area contributed by atoms with Gasteiger partial charge in [-0.3, -0.25) is 15.0 Å². The predicted octanol–water partition coefficient (Wildman–Crippen LogP) is 8.50. The van der Waals surface area contributed by atoms with Crippen LogP contribution in [0.5, 0.6) is 17.2 Å². The van der Waals surface area contributed by atoms with Gasteiger partial charge in [0.2, 0.25) is 0 Å². The van der Waals surface area contributed by atoms with Gasteiger partial charge in [0, 0.05) is 61.6 Å². The molecule has 3 aromatic carbocycles. The van der Waals surface area contributed by atoms with Crippen molar-refractivity contribution in [2.75, 3.05) is 0 Å². The van der Waals surface area contributed by atoms with Crippen LogP contribution >= 0.6 is 95.6 Å². The Bertz CT molecular complexity index is 1630. The molecule has 0 fully saturated rings. The van der Waals surface area contributed by atoms with Crippen molar-refractivity contribution in [3.05, 3.63) is 100 Å². The van der Waals surface area contributed by atoms with Crippen molar-refractivity contribution in [2.45, 2.75) is 0 Å². The van der Waals surface area contributed by atoms with Crippen LogP contribution in [0, 0.1) is 0 Å². The fraction of sp³-hybridized carbons (Fsp3) is 0. The van der Waals surface area contributed by atoms with Gasteiger partial charge in [-0.05, 0) is 36.4 Å². The summed E-state index contributed by atoms with van der Waals surface area (Å²) in [6.07, 6.45) is 4.84. The molecule has 6 nitrogen and oxygen atoms in total. The maximum atomic E-state index is 11.6. The van der Waals surface area contributed by atoms with E-state index in [4.69, 9.17) is 0 Å². The third kappa shape index (κ3) is 7.41. The van der Waals surface area contributed by atoms with Crippen LogP contribution in [0.1, 0.15) is 0 Å². The zero-order chi connectivity index (χ0) is 28.3. The van der Waals surface area contributed by atoms with Crippen molar-refractivity contribution in [2.24, 2.45) is 0 Å². The van der Waals surface area contributed by atoms with Gasteiger partial charge in [0.05, 0.1) is 16.6 Å². The molecule has 0 N–H and O–H groups in total. The zero-order valence-electron chi connectivity index (χ0n) is 19.6. The summed E-state index contributed by atoms with van der Waals surface area (Å²) >= 11 is 19.7. The van der Waals surface area contributed by atoms with Crippen molar-refractivity contribution in [3.63, 3.8) is 0 Å². The van der Waals surface area contributed by atoms with E-state index in [9.17, 15) is 15.3 Å². The van der Waals surface area contributed by atoms with E-state index in [0.717, 1.165) is 29.6 Å². The Morgan fingerprint density at radius 2 is 0.675 bits per heavy atom. The number of fused-ring (bicyclic) bond motifs is 3. The van der Waals surface area contributed by atoms with Crippen LogP contribution in [-0.4, -0.2) is 15.0 Å². The van der Waals surface area contributed by atoms with E-state index < -0.39 is 0 Å². The normalized spacial score (nSPS) is 10.3. The van der Waals surface area contributed by atoms with Gasteiger partial charge in [-0.2, -0.15) is 0 Å². The first-order valence-corrected chi connectivity index (χ1v) is 15.5. The summed E-state index contributed by atoms with van der Waals surface area (Å²) < 4.78 is 4.23. The van der Waals surface area contributed by atoms with E-state index in [0.29, 0.717) is 30.0 Å². The minimum absolute atomic E-state index is 0. The number of aromatic nitrogens is 3. The molecule has 0 bridgehead atoms. The molecule has 0 saturated carbocycles. The van der Waals surface area contributed by atoms with Crippen LogP contribution in [0.15, 0.2) is 100 Å². The molecule has 0 amide bonds. The van der Waals surface area contributed by atoms with Gasteiger partial charge < -0.3 is 15.3 Å². The summed E-state index contributed by atoms with van der Waals surface area (Å²) in [6.45, 7) is 0. The standard InChI is InChI=1S/3C9H5Br2NO.Ir/c3*10-6-4-7(11)9(13)8-5(6)2-1-3-12-8;/h3*1-4,13H;/q;;;+3/p-3. The number of hydrogen-bond donors (Lipinski definition) is 0. The largest absolute Gasteiger partial charge is 3.00 e. The number of rotatable bonds is 0. The maximum Gasteiger partial charge on any atom is 3.00 e. The molecule has 0 radical (unpaired) electrons. The summed E-state index contributed by atoms with van der Waals surface area (Å²) in [5.41, 5.74) is 1.47. The SMILES string of the molecule is [Ir+3].[O-]c1c(Br)cc(Br)c2cccnc12.[O-]c1c(Br)cc(Br)c2cccnc12.[O-]c1c(Br)cc(Br)c2cccnc12. The number of nitrogens with zero attached hydrogens (tertiary/aromatic N) is 3. The molecule has 0 atom stereocenters. The Labute approximate surface area is 292 Å². The molecule has 3 heterocycles. The summed E-state index contributed by atoms with van der Waals surface area (Å²) in [4.78, 5) is 12.1. The fourth-order valence-corrected chi connectivity index (χ4v) is 7.26. The van der Waals surface area contributed by atoms with Gasteiger partial charge in [0.15, 0.2) is 0 Å². The molecule has 0 aliphatic carbocycles. The molecule has 6 aromatic rings. The first-order valence-electron chi connectivity index (χ1n) is 10.8. The van der Waals surface area contributed by atoms with Gasteiger partial charge >= 0.3 is 20.1 Å². The molecule has 0 spiro atoms. The van der Waals surface area contributed by atoms with Gasteiger partial charge in [-0.1, -0.05) is 131 Å². The molecule has 0 unspecified atom stereocenters. The summed E-state index contributed by atoms with van der Waals surface area (Å²) in [5.74, 6) is -0.212. The van der Waals surface area contributed by atoms with Gasteiger partial charge in [0.1, 0.15) is 0 Å². The van der Waals surface area contributed by atoms with Crippen molar-refractivity contribution in [3.8, 4) is 17.2 Å². The second-order valence-corrected chi connectivity index (χ2v) is 12.8. The second-order valence-electron chi connectivity index (χ2n) is 7.71. The van der Waals surface area contributed by atoms with Crippen LogP contribution < -0.4 is 15.3 Å². The van der Waals surface area contributed by atoms with E-state index >= 15 is 0 Å². The first kappa shape index (κ1) is 33.3. The van der Waals surface area contributed by atoms with E-state index in [1.807, 2.05) is 18.2 Å². The Morgan fingerprint density at radius 3 is 0.925 bits per heavy atom. The van der Waals surface area contributed by atoms with Crippen LogP contribution in [0.3, 0.4) is 0 Å². The number of hydrogen-bond acceptors (Lipinski definition) is 6. The Kier molecular flexibility index (Phi) is 12.3. The molecule has 204 valence electrons. The van der Waals surface area contributed by atoms with Crippen molar-refractivity contribution >= 4 is 128 Å². The minimum Gasteiger partial charge on any atom is -0.870 e. The number of benzene rings is 3. The molecule has 0 aliphatic rings. The Hall–Kier alpha value is -1.18. The molecule has 6 rings (SSSR count). The fourth-order valence-electron chi connectivity index (χ4n) is 3.44. The Balaban J connectivity index is 0.000000163. The average molecular weight is 1100 g/mol. The van der Waals surface area contributed by atoms with Crippen molar-refractivity contribution < 1.29 is 35.4 Å². The number of pyridine rings is 3. The van der Waals surface area contributed by atoms with E-state index in [1.165, 1.54) is 0 Å². The summed E-state index contributed by atoms with van der Waals surface area (Å²) in [7, 11) is 0. The third-order valence-electron chi connectivity index (χ3n) is 5.25. The molecule has 0 aliphatic heterocycles. The maximum absolute atomic E-state index is 11.6. The third-order valence-corrected chi connectivity index (χ3v) is 8.99. The van der Waals surface area contributed by atoms with Crippen molar-refractivity contribution in [1.82, 2.24) is 15.0 Å². The van der Waals surface area contributed by atoms with E-state index in [1.54, 1.807) is 55.0 Å². The van der Waals surface area contributed by atoms with Crippen LogP contribution in [0.2, 0.25) is 0 Å². The smallest absolute Gasteiger partial charge is 0.870 e. The Morgan fingerprint density at radius 1 is 0.425 bits per heavy atom. The quantitative estimate of drug-likeness (QED) is 0.151. The van der Waals surface area contributed by atoms with Gasteiger partial charge in [-0.25, -0.2) is 0 Å². The molecule has 0 saturated heterocycles. The van der Waals surface area contributed by atoms with Gasteiger partial charge in [-0.15, -0.1) is 0 Å². The monoisotopic (exact) mass is 1090 g/mol. The van der Waals surface area contributed by atoms with Gasteiger partial charge in [0.25, 0.3) is 0 Å². The summed E-state index contributed by atoms with van der Waals surface area (Å²) in [6, 6.07) is 16.2. The van der Waals surface area contributed by atoms with E-state index in [-0.39, 0.29) is 37.4 Å². The first-order chi connectivity index (χ1) is 18.6. The van der Waals surface area contributed by atoms with Crippen molar-refractivity contribution in [1.29, 1.82) is 0 Å². The number of halogens is 6. The molecule has 40 heavy (non-hydrogen) atoms. The summed E-state index contributed by atoms with van der Waals surface area (Å²) in [5, 5.41) is 37.2. The van der Waals surface area contributed by atoms with E-state index in [2.05, 4.69) is 111 Å². The second kappa shape index (κ2) is 14.8. The van der Waals surface area contributed by atoms with Crippen LogP contribution in [0.4, 0.5) is 0 Å². The minimum atomic E-state index is -0.0706. The van der Waals surface area contributed by atoms with Crippen LogP contribution in [-0.2, 0) is 20.1 Å². The molecule has 13 heteroatoms. The topological polar surface area (TPSA) is 108 Å². The zero-order valence-corrected chi connectivity index (χ0v) is 31.5. The molecule has 3 aromatic heterocycles. The predicted molar refractivity (Wildman–Crippen MR) is 170 cm³/mol. The average Bonchev–Trinajstić information content (AvgIpc) is 2.94. The molecular formula is C27H12Br6IrN3O3. The molecular weight excluding hydrogens is 1090 g/mol.